The zero-order valence-electron chi connectivity index (χ0n) is 27.6. The average molecular weight is 651 g/mol. The fourth-order valence-electron chi connectivity index (χ4n) is 8.19. The molecule has 238 valence electrons. The Morgan fingerprint density at radius 3 is 1.63 bits per heavy atom. The summed E-state index contributed by atoms with van der Waals surface area (Å²) >= 11 is 0. The van der Waals surface area contributed by atoms with E-state index in [-0.39, 0.29) is 0 Å². The first-order chi connectivity index (χ1) is 25.3. The number of para-hydroxylation sites is 3. The lowest BCUT2D eigenvalue weighted by Gasteiger charge is -2.11. The molecule has 0 unspecified atom stereocenters. The van der Waals surface area contributed by atoms with Gasteiger partial charge in [-0.1, -0.05) is 109 Å². The number of fused-ring (bicyclic) bond motifs is 10. The van der Waals surface area contributed by atoms with Gasteiger partial charge in [-0.05, 0) is 95.1 Å². The molecule has 3 heteroatoms. The third-order valence-corrected chi connectivity index (χ3v) is 10.5. The van der Waals surface area contributed by atoms with Crippen LogP contribution in [0.2, 0.25) is 0 Å². The third kappa shape index (κ3) is 4.19. The molecule has 51 heavy (non-hydrogen) atoms. The number of furan rings is 1. The van der Waals surface area contributed by atoms with E-state index in [2.05, 4.69) is 185 Å². The molecule has 11 aromatic rings. The van der Waals surface area contributed by atoms with Crippen molar-refractivity contribution in [3.63, 3.8) is 0 Å². The minimum atomic E-state index is 0.910. The summed E-state index contributed by atoms with van der Waals surface area (Å²) in [7, 11) is 0. The van der Waals surface area contributed by atoms with Gasteiger partial charge in [-0.2, -0.15) is 0 Å². The molecule has 0 bridgehead atoms. The SMILES string of the molecule is c1ccc(-c2ccc3c(c2)c2c4oc5ccccc5c4ccc2n3-c2ccc(-c3ccc4c(c3)c3ccccc3n4-c3ccccc3)cc2)cc1. The zero-order chi connectivity index (χ0) is 33.5. The van der Waals surface area contributed by atoms with Crippen LogP contribution in [-0.2, 0) is 0 Å². The molecule has 3 nitrogen and oxygen atoms in total. The molecule has 0 N–H and O–H groups in total. The number of hydrogen-bond acceptors (Lipinski definition) is 1. The van der Waals surface area contributed by atoms with E-state index in [1.165, 1.54) is 55.1 Å². The van der Waals surface area contributed by atoms with E-state index in [9.17, 15) is 0 Å². The van der Waals surface area contributed by atoms with Crippen LogP contribution in [0.25, 0.3) is 99.2 Å². The fraction of sp³-hybridized carbons (Fsp3) is 0. The summed E-state index contributed by atoms with van der Waals surface area (Å²) in [6, 6.07) is 65.4. The van der Waals surface area contributed by atoms with Gasteiger partial charge in [0.05, 0.1) is 27.5 Å². The first-order valence-electron chi connectivity index (χ1n) is 17.4. The van der Waals surface area contributed by atoms with Crippen LogP contribution in [0.5, 0.6) is 0 Å². The van der Waals surface area contributed by atoms with Crippen molar-refractivity contribution >= 4 is 65.6 Å². The van der Waals surface area contributed by atoms with Crippen LogP contribution in [0.3, 0.4) is 0 Å². The van der Waals surface area contributed by atoms with Gasteiger partial charge in [0, 0.05) is 38.3 Å². The first-order valence-corrected chi connectivity index (χ1v) is 17.4. The van der Waals surface area contributed by atoms with Gasteiger partial charge in [0.15, 0.2) is 0 Å². The Balaban J connectivity index is 1.09. The van der Waals surface area contributed by atoms with Crippen LogP contribution in [0.15, 0.2) is 186 Å². The highest BCUT2D eigenvalue weighted by molar-refractivity contribution is 6.24. The van der Waals surface area contributed by atoms with E-state index in [1.54, 1.807) is 0 Å². The Morgan fingerprint density at radius 1 is 0.314 bits per heavy atom. The van der Waals surface area contributed by atoms with Crippen molar-refractivity contribution in [2.75, 3.05) is 0 Å². The summed E-state index contributed by atoms with van der Waals surface area (Å²) in [5, 5.41) is 7.11. The lowest BCUT2D eigenvalue weighted by Crippen LogP contribution is -1.94. The standard InChI is InChI=1S/C48H30N2O/c1-3-11-31(12-4-1)34-22-27-44-41(30-34)47-45(28-25-39-38-16-8-10-18-46(38)51-48(39)47)50(44)36-23-19-32(20-24-36)33-21-26-43-40(29-33)37-15-7-9-17-42(37)49(43)35-13-5-2-6-14-35/h1-30H. The third-order valence-electron chi connectivity index (χ3n) is 10.5. The Kier molecular flexibility index (Phi) is 5.96. The summed E-state index contributed by atoms with van der Waals surface area (Å²) in [5.41, 5.74) is 13.6. The van der Waals surface area contributed by atoms with Crippen molar-refractivity contribution in [1.82, 2.24) is 9.13 Å². The molecule has 0 aliphatic carbocycles. The minimum absolute atomic E-state index is 0.910. The molecule has 0 atom stereocenters. The lowest BCUT2D eigenvalue weighted by molar-refractivity contribution is 0.673. The van der Waals surface area contributed by atoms with Crippen LogP contribution in [0, 0.1) is 0 Å². The first kappa shape index (κ1) is 28.0. The van der Waals surface area contributed by atoms with Gasteiger partial charge in [-0.25, -0.2) is 0 Å². The summed E-state index contributed by atoms with van der Waals surface area (Å²) in [6.45, 7) is 0. The molecule has 0 saturated carbocycles. The molecular weight excluding hydrogens is 621 g/mol. The van der Waals surface area contributed by atoms with Crippen LogP contribution in [0.1, 0.15) is 0 Å². The van der Waals surface area contributed by atoms with Crippen LogP contribution in [0.4, 0.5) is 0 Å². The van der Waals surface area contributed by atoms with Crippen molar-refractivity contribution in [1.29, 1.82) is 0 Å². The van der Waals surface area contributed by atoms with Gasteiger partial charge in [-0.15, -0.1) is 0 Å². The van der Waals surface area contributed by atoms with E-state index in [4.69, 9.17) is 4.42 Å². The van der Waals surface area contributed by atoms with E-state index in [0.717, 1.165) is 44.0 Å². The number of benzene rings is 8. The van der Waals surface area contributed by atoms with Crippen molar-refractivity contribution in [2.24, 2.45) is 0 Å². The van der Waals surface area contributed by atoms with Gasteiger partial charge in [0.25, 0.3) is 0 Å². The molecule has 3 aromatic heterocycles. The topological polar surface area (TPSA) is 23.0 Å². The monoisotopic (exact) mass is 650 g/mol. The molecule has 0 aliphatic heterocycles. The van der Waals surface area contributed by atoms with Gasteiger partial charge >= 0.3 is 0 Å². The van der Waals surface area contributed by atoms with E-state index >= 15 is 0 Å². The summed E-state index contributed by atoms with van der Waals surface area (Å²) in [5.74, 6) is 0. The average Bonchev–Trinajstić information content (AvgIpc) is 3.86. The highest BCUT2D eigenvalue weighted by Crippen LogP contribution is 2.42. The van der Waals surface area contributed by atoms with E-state index in [1.807, 2.05) is 6.07 Å². The molecular formula is C48H30N2O. The van der Waals surface area contributed by atoms with E-state index in [0.29, 0.717) is 0 Å². The van der Waals surface area contributed by atoms with Crippen molar-refractivity contribution < 1.29 is 4.42 Å². The maximum Gasteiger partial charge on any atom is 0.145 e. The number of rotatable bonds is 4. The maximum absolute atomic E-state index is 6.63. The van der Waals surface area contributed by atoms with Crippen LogP contribution in [-0.4, -0.2) is 9.13 Å². The quantitative estimate of drug-likeness (QED) is 0.186. The van der Waals surface area contributed by atoms with Crippen LogP contribution < -0.4 is 0 Å². The minimum Gasteiger partial charge on any atom is -0.455 e. The molecule has 0 amide bonds. The van der Waals surface area contributed by atoms with Gasteiger partial charge < -0.3 is 13.6 Å². The largest absolute Gasteiger partial charge is 0.455 e. The highest BCUT2D eigenvalue weighted by atomic mass is 16.3. The summed E-state index contributed by atoms with van der Waals surface area (Å²) in [6.07, 6.45) is 0. The second-order valence-electron chi connectivity index (χ2n) is 13.3. The van der Waals surface area contributed by atoms with Crippen molar-refractivity contribution in [3.8, 4) is 33.6 Å². The molecule has 0 radical (unpaired) electrons. The Hall–Kier alpha value is -6.84. The zero-order valence-corrected chi connectivity index (χ0v) is 27.6. The second kappa shape index (κ2) is 10.8. The molecule has 11 rings (SSSR count). The number of aromatic nitrogens is 2. The van der Waals surface area contributed by atoms with E-state index < -0.39 is 0 Å². The number of nitrogens with zero attached hydrogens (tertiary/aromatic N) is 2. The molecule has 0 spiro atoms. The van der Waals surface area contributed by atoms with Crippen molar-refractivity contribution in [2.45, 2.75) is 0 Å². The van der Waals surface area contributed by atoms with Crippen molar-refractivity contribution in [3.05, 3.63) is 182 Å². The van der Waals surface area contributed by atoms with Gasteiger partial charge in [0.1, 0.15) is 11.2 Å². The maximum atomic E-state index is 6.63. The fourth-order valence-corrected chi connectivity index (χ4v) is 8.19. The molecule has 0 aliphatic rings. The Morgan fingerprint density at radius 2 is 0.843 bits per heavy atom. The molecule has 0 fully saturated rings. The van der Waals surface area contributed by atoms with Crippen LogP contribution >= 0.6 is 0 Å². The smallest absolute Gasteiger partial charge is 0.145 e. The lowest BCUT2D eigenvalue weighted by atomic mass is 10.0. The molecule has 3 heterocycles. The predicted molar refractivity (Wildman–Crippen MR) is 213 cm³/mol. The number of hydrogen-bond donors (Lipinski definition) is 0. The Bertz CT molecular complexity index is 3110. The Labute approximate surface area is 293 Å². The summed E-state index contributed by atoms with van der Waals surface area (Å²) < 4.78 is 11.4. The van der Waals surface area contributed by atoms with Gasteiger partial charge in [0.2, 0.25) is 0 Å². The second-order valence-corrected chi connectivity index (χ2v) is 13.3. The summed E-state index contributed by atoms with van der Waals surface area (Å²) in [4.78, 5) is 0. The molecule has 8 aromatic carbocycles. The predicted octanol–water partition coefficient (Wildman–Crippen LogP) is 13.1. The molecule has 0 saturated heterocycles. The normalized spacial score (nSPS) is 11.9. The van der Waals surface area contributed by atoms with Gasteiger partial charge in [-0.3, -0.25) is 0 Å². The highest BCUT2D eigenvalue weighted by Gasteiger charge is 2.20.